The summed E-state index contributed by atoms with van der Waals surface area (Å²) in [5, 5.41) is 4.94. The summed E-state index contributed by atoms with van der Waals surface area (Å²) in [4.78, 5) is 0. The molecular formula is C19H15ClF3O3PS. The lowest BCUT2D eigenvalue weighted by Gasteiger charge is -2.10. The van der Waals surface area contributed by atoms with Crippen LogP contribution in [0, 0.1) is 0 Å². The molecule has 0 saturated heterocycles. The third-order valence-electron chi connectivity index (χ3n) is 3.54. The molecule has 0 unspecified atom stereocenters. The van der Waals surface area contributed by atoms with Crippen LogP contribution in [0.3, 0.4) is 0 Å². The van der Waals surface area contributed by atoms with Crippen LogP contribution >= 0.6 is 19.5 Å². The fraction of sp³-hybridized carbons (Fsp3) is 0.0526. The minimum Gasteiger partial charge on any atom is -0.741 e. The Balaban J connectivity index is 0.000000300. The van der Waals surface area contributed by atoms with Crippen molar-refractivity contribution in [3.63, 3.8) is 0 Å². The van der Waals surface area contributed by atoms with Crippen LogP contribution < -0.4 is 15.9 Å². The van der Waals surface area contributed by atoms with Crippen molar-refractivity contribution in [3.8, 4) is 0 Å². The fourth-order valence-electron chi connectivity index (χ4n) is 2.33. The van der Waals surface area contributed by atoms with Crippen LogP contribution in [0.15, 0.2) is 84.9 Å². The van der Waals surface area contributed by atoms with Gasteiger partial charge < -0.3 is 4.55 Å². The van der Waals surface area contributed by atoms with Gasteiger partial charge >= 0.3 is 5.51 Å². The number of rotatable bonds is 3. The van der Waals surface area contributed by atoms with Gasteiger partial charge in [0.1, 0.15) is 15.9 Å². The molecule has 3 aromatic rings. The molecular weight excluding hydrogens is 432 g/mol. The van der Waals surface area contributed by atoms with Gasteiger partial charge in [-0.2, -0.15) is 13.2 Å². The Morgan fingerprint density at radius 1 is 0.714 bits per heavy atom. The second-order valence-corrected chi connectivity index (χ2v) is 9.80. The highest BCUT2D eigenvalue weighted by molar-refractivity contribution is 7.86. The van der Waals surface area contributed by atoms with Gasteiger partial charge in [-0.25, -0.2) is 8.42 Å². The van der Waals surface area contributed by atoms with Crippen LogP contribution in [0.1, 0.15) is 0 Å². The summed E-state index contributed by atoms with van der Waals surface area (Å²) in [6.07, 6.45) is 0. The summed E-state index contributed by atoms with van der Waals surface area (Å²) < 4.78 is 58.9. The molecule has 0 heterocycles. The Morgan fingerprint density at radius 2 is 1.04 bits per heavy atom. The highest BCUT2D eigenvalue weighted by atomic mass is 35.5. The van der Waals surface area contributed by atoms with Crippen molar-refractivity contribution in [3.05, 3.63) is 90.0 Å². The number of benzene rings is 3. The summed E-state index contributed by atoms with van der Waals surface area (Å²) in [5.74, 6) is 0. The van der Waals surface area contributed by atoms with Crippen molar-refractivity contribution < 1.29 is 26.1 Å². The van der Waals surface area contributed by atoms with Gasteiger partial charge in [-0.05, 0) is 48.5 Å². The Bertz CT molecular complexity index is 941. The topological polar surface area (TPSA) is 57.2 Å². The molecule has 0 aromatic heterocycles. The predicted molar refractivity (Wildman–Crippen MR) is 107 cm³/mol. The molecule has 3 aromatic carbocycles. The minimum atomic E-state index is -6.09. The van der Waals surface area contributed by atoms with Crippen molar-refractivity contribution in [1.82, 2.24) is 0 Å². The van der Waals surface area contributed by atoms with Gasteiger partial charge in [-0.15, -0.1) is 0 Å². The van der Waals surface area contributed by atoms with Crippen molar-refractivity contribution in [2.45, 2.75) is 5.51 Å². The van der Waals surface area contributed by atoms with Crippen LogP contribution in [0.2, 0.25) is 5.02 Å². The molecule has 3 rings (SSSR count). The maximum atomic E-state index is 10.7. The van der Waals surface area contributed by atoms with E-state index in [-0.39, 0.29) is 0 Å². The summed E-state index contributed by atoms with van der Waals surface area (Å²) >= 11 is 6.02. The predicted octanol–water partition coefficient (Wildman–Crippen LogP) is 3.88. The molecule has 0 atom stereocenters. The van der Waals surface area contributed by atoms with Crippen LogP contribution in [0.25, 0.3) is 0 Å². The van der Waals surface area contributed by atoms with Gasteiger partial charge in [0.25, 0.3) is 0 Å². The molecule has 0 N–H and O–H groups in total. The van der Waals surface area contributed by atoms with E-state index in [4.69, 9.17) is 24.6 Å². The molecule has 3 nitrogen and oxygen atoms in total. The third-order valence-corrected chi connectivity index (χ3v) is 7.09. The lowest BCUT2D eigenvalue weighted by Crippen LogP contribution is -2.21. The van der Waals surface area contributed by atoms with Crippen molar-refractivity contribution in [2.75, 3.05) is 0 Å². The van der Waals surface area contributed by atoms with Gasteiger partial charge in [0.15, 0.2) is 10.1 Å². The van der Waals surface area contributed by atoms with Crippen LogP contribution in [-0.4, -0.2) is 18.5 Å². The lowest BCUT2D eigenvalue weighted by molar-refractivity contribution is -0.0517. The summed E-state index contributed by atoms with van der Waals surface area (Å²) in [6, 6.07) is 29.7. The average molecular weight is 447 g/mol. The van der Waals surface area contributed by atoms with Crippen LogP contribution in [-0.2, 0) is 10.1 Å². The van der Waals surface area contributed by atoms with E-state index in [0.29, 0.717) is 0 Å². The number of hydrogen-bond donors (Lipinski definition) is 0. The van der Waals surface area contributed by atoms with Gasteiger partial charge in [-0.3, -0.25) is 0 Å². The molecule has 0 fully saturated rings. The normalized spacial score (nSPS) is 11.6. The Morgan fingerprint density at radius 3 is 1.36 bits per heavy atom. The van der Waals surface area contributed by atoms with Gasteiger partial charge in [-0.1, -0.05) is 48.0 Å². The largest absolute Gasteiger partial charge is 0.741 e. The van der Waals surface area contributed by atoms with E-state index in [1.54, 1.807) is 0 Å². The zero-order valence-electron chi connectivity index (χ0n) is 14.2. The maximum Gasteiger partial charge on any atom is 0.485 e. The molecule has 0 spiro atoms. The van der Waals surface area contributed by atoms with Crippen LogP contribution in [0.5, 0.6) is 0 Å². The van der Waals surface area contributed by atoms with Crippen molar-refractivity contribution in [2.24, 2.45) is 0 Å². The zero-order chi connectivity index (χ0) is 20.8. The summed E-state index contributed by atoms with van der Waals surface area (Å²) in [6.45, 7) is 0. The van der Waals surface area contributed by atoms with Gasteiger partial charge in [0, 0.05) is 5.02 Å². The molecule has 0 bridgehead atoms. The second-order valence-electron chi connectivity index (χ2n) is 5.51. The first kappa shape index (κ1) is 22.4. The fourth-order valence-corrected chi connectivity index (χ4v) is 5.00. The second kappa shape index (κ2) is 9.52. The Kier molecular flexibility index (Phi) is 7.61. The van der Waals surface area contributed by atoms with E-state index < -0.39 is 23.5 Å². The van der Waals surface area contributed by atoms with Gasteiger partial charge in [0.05, 0.1) is 7.92 Å². The number of alkyl halides is 3. The smallest absolute Gasteiger partial charge is 0.485 e. The molecule has 0 aliphatic heterocycles. The highest BCUT2D eigenvalue weighted by Crippen LogP contribution is 2.32. The zero-order valence-corrected chi connectivity index (χ0v) is 16.8. The molecule has 28 heavy (non-hydrogen) atoms. The summed E-state index contributed by atoms with van der Waals surface area (Å²) in [7, 11) is -7.04. The van der Waals surface area contributed by atoms with Crippen molar-refractivity contribution >= 4 is 45.6 Å². The van der Waals surface area contributed by atoms with E-state index in [1.165, 1.54) is 15.9 Å². The van der Waals surface area contributed by atoms with Gasteiger partial charge in [0.2, 0.25) is 0 Å². The Hall–Kier alpha value is -1.92. The summed E-state index contributed by atoms with van der Waals surface area (Å²) in [5.41, 5.74) is -5.65. The first-order chi connectivity index (χ1) is 13.1. The molecule has 0 aliphatic carbocycles. The quantitative estimate of drug-likeness (QED) is 0.348. The maximum absolute atomic E-state index is 10.7. The molecule has 0 saturated carbocycles. The standard InChI is InChI=1S/C18H14ClP.CHF3O3S/c19-15-11-13-18(14-12-15)20(16-7-3-1-4-8-16)17-9-5-2-6-10-17;2-1(3,4)8(5,6)7/h1-14H;(H,5,6,7). The first-order valence-corrected chi connectivity index (χ1v) is 11.1. The van der Waals surface area contributed by atoms with E-state index >= 15 is 0 Å². The van der Waals surface area contributed by atoms with E-state index in [2.05, 4.69) is 72.8 Å². The van der Waals surface area contributed by atoms with E-state index in [0.717, 1.165) is 5.02 Å². The van der Waals surface area contributed by atoms with E-state index in [1.807, 2.05) is 12.1 Å². The van der Waals surface area contributed by atoms with E-state index in [9.17, 15) is 13.2 Å². The number of hydrogen-bond acceptors (Lipinski definition) is 3. The molecule has 148 valence electrons. The monoisotopic (exact) mass is 446 g/mol. The lowest BCUT2D eigenvalue weighted by atomic mass is 10.4. The Labute approximate surface area is 167 Å². The van der Waals surface area contributed by atoms with Crippen LogP contribution in [0.4, 0.5) is 13.2 Å². The SMILES string of the molecule is Clc1ccc([PH+](c2ccccc2)c2ccccc2)cc1.O=S(=O)([O-])C(F)(F)F. The third kappa shape index (κ3) is 6.31. The molecule has 0 radical (unpaired) electrons. The number of halogens is 4. The van der Waals surface area contributed by atoms with Crippen molar-refractivity contribution in [1.29, 1.82) is 0 Å². The first-order valence-electron chi connectivity index (χ1n) is 7.85. The highest BCUT2D eigenvalue weighted by Gasteiger charge is 2.36. The average Bonchev–Trinajstić information content (AvgIpc) is 2.64. The minimum absolute atomic E-state index is 0.788. The molecule has 9 heteroatoms. The molecule has 0 amide bonds. The molecule has 0 aliphatic rings.